The number of aryl methyl sites for hydroxylation is 2. The van der Waals surface area contributed by atoms with Crippen LogP contribution >= 0.6 is 0 Å². The van der Waals surface area contributed by atoms with Gasteiger partial charge in [-0.25, -0.2) is 0 Å². The van der Waals surface area contributed by atoms with E-state index < -0.39 is 0 Å². The predicted octanol–water partition coefficient (Wildman–Crippen LogP) is 4.08. The first-order valence-electron chi connectivity index (χ1n) is 8.33. The topological polar surface area (TPSA) is 71.3 Å². The van der Waals surface area contributed by atoms with E-state index in [0.717, 1.165) is 16.8 Å². The summed E-state index contributed by atoms with van der Waals surface area (Å²) >= 11 is 0. The number of amides is 2. The minimum absolute atomic E-state index is 0.191. The van der Waals surface area contributed by atoms with Gasteiger partial charge in [0.1, 0.15) is 5.76 Å². The van der Waals surface area contributed by atoms with Crippen molar-refractivity contribution < 1.29 is 14.0 Å². The van der Waals surface area contributed by atoms with Gasteiger partial charge >= 0.3 is 0 Å². The molecule has 5 nitrogen and oxygen atoms in total. The second kappa shape index (κ2) is 7.70. The first-order valence-corrected chi connectivity index (χ1v) is 8.33. The second-order valence-electron chi connectivity index (χ2n) is 6.09. The number of furan rings is 1. The predicted molar refractivity (Wildman–Crippen MR) is 100 cm³/mol. The van der Waals surface area contributed by atoms with Crippen LogP contribution in [0.3, 0.4) is 0 Å². The largest absolute Gasteiger partial charge is 0.454 e. The molecule has 2 amide bonds. The molecule has 26 heavy (non-hydrogen) atoms. The van der Waals surface area contributed by atoms with E-state index in [1.165, 1.54) is 0 Å². The molecule has 1 heterocycles. The van der Waals surface area contributed by atoms with Gasteiger partial charge in [-0.05, 0) is 49.7 Å². The van der Waals surface area contributed by atoms with E-state index in [1.807, 2.05) is 38.1 Å². The smallest absolute Gasteiger partial charge is 0.291 e. The summed E-state index contributed by atoms with van der Waals surface area (Å²) in [4.78, 5) is 24.4. The summed E-state index contributed by atoms with van der Waals surface area (Å²) in [7, 11) is 0. The summed E-state index contributed by atoms with van der Waals surface area (Å²) in [5.41, 5.74) is 3.44. The zero-order chi connectivity index (χ0) is 18.5. The third-order valence-electron chi connectivity index (χ3n) is 3.97. The Balaban J connectivity index is 1.60. The summed E-state index contributed by atoms with van der Waals surface area (Å²) < 4.78 is 5.54. The minimum Gasteiger partial charge on any atom is -0.454 e. The maximum atomic E-state index is 12.3. The van der Waals surface area contributed by atoms with Gasteiger partial charge in [0.25, 0.3) is 11.8 Å². The van der Waals surface area contributed by atoms with E-state index in [-0.39, 0.29) is 24.1 Å². The van der Waals surface area contributed by atoms with Crippen molar-refractivity contribution >= 4 is 17.5 Å². The third-order valence-corrected chi connectivity index (χ3v) is 3.97. The number of hydrogen-bond acceptors (Lipinski definition) is 3. The zero-order valence-electron chi connectivity index (χ0n) is 14.7. The lowest BCUT2D eigenvalue weighted by atomic mass is 10.1. The lowest BCUT2D eigenvalue weighted by Gasteiger charge is -2.07. The van der Waals surface area contributed by atoms with Crippen LogP contribution in [0.1, 0.15) is 37.8 Å². The van der Waals surface area contributed by atoms with Gasteiger partial charge in [-0.15, -0.1) is 0 Å². The van der Waals surface area contributed by atoms with Crippen molar-refractivity contribution in [1.82, 2.24) is 5.32 Å². The number of rotatable bonds is 5. The van der Waals surface area contributed by atoms with Gasteiger partial charge in [0.05, 0.1) is 6.54 Å². The zero-order valence-corrected chi connectivity index (χ0v) is 14.7. The molecule has 0 unspecified atom stereocenters. The van der Waals surface area contributed by atoms with E-state index in [1.54, 1.807) is 36.4 Å². The highest BCUT2D eigenvalue weighted by Crippen LogP contribution is 2.18. The molecule has 0 aliphatic heterocycles. The summed E-state index contributed by atoms with van der Waals surface area (Å²) in [6.07, 6.45) is 0. The fourth-order valence-electron chi connectivity index (χ4n) is 2.59. The van der Waals surface area contributed by atoms with Crippen LogP contribution in [0.4, 0.5) is 5.69 Å². The van der Waals surface area contributed by atoms with E-state index in [9.17, 15) is 9.59 Å². The Morgan fingerprint density at radius 3 is 2.42 bits per heavy atom. The summed E-state index contributed by atoms with van der Waals surface area (Å²) in [5, 5.41) is 5.61. The van der Waals surface area contributed by atoms with Gasteiger partial charge in [-0.3, -0.25) is 9.59 Å². The van der Waals surface area contributed by atoms with Crippen LogP contribution in [-0.2, 0) is 6.54 Å². The number of carbonyl (C=O) groups excluding carboxylic acids is 2. The molecule has 132 valence electrons. The van der Waals surface area contributed by atoms with Crippen LogP contribution in [0.25, 0.3) is 0 Å². The SMILES string of the molecule is Cc1ccc(NC(=O)c2ccc(CNC(=O)c3ccccc3)o2)c(C)c1. The van der Waals surface area contributed by atoms with Crippen molar-refractivity contribution in [3.8, 4) is 0 Å². The Morgan fingerprint density at radius 2 is 1.69 bits per heavy atom. The molecule has 0 aliphatic carbocycles. The van der Waals surface area contributed by atoms with Crippen molar-refractivity contribution in [1.29, 1.82) is 0 Å². The molecule has 0 fully saturated rings. The standard InChI is InChI=1S/C21H20N2O3/c1-14-8-10-18(15(2)12-14)23-21(25)19-11-9-17(26-19)13-22-20(24)16-6-4-3-5-7-16/h3-12H,13H2,1-2H3,(H,22,24)(H,23,25). The maximum Gasteiger partial charge on any atom is 0.291 e. The van der Waals surface area contributed by atoms with Gasteiger partial charge in [0.15, 0.2) is 5.76 Å². The monoisotopic (exact) mass is 348 g/mol. The quantitative estimate of drug-likeness (QED) is 0.730. The molecule has 3 aromatic rings. The van der Waals surface area contributed by atoms with Crippen molar-refractivity contribution in [3.63, 3.8) is 0 Å². The number of nitrogens with one attached hydrogen (secondary N) is 2. The van der Waals surface area contributed by atoms with Gasteiger partial charge in [0, 0.05) is 11.3 Å². The molecular weight excluding hydrogens is 328 g/mol. The highest BCUT2D eigenvalue weighted by Gasteiger charge is 2.13. The van der Waals surface area contributed by atoms with Gasteiger partial charge < -0.3 is 15.1 Å². The second-order valence-corrected chi connectivity index (χ2v) is 6.09. The Labute approximate surface area is 152 Å². The van der Waals surface area contributed by atoms with Crippen LogP contribution in [0.2, 0.25) is 0 Å². The Kier molecular flexibility index (Phi) is 5.17. The summed E-state index contributed by atoms with van der Waals surface area (Å²) in [6.45, 7) is 4.15. The first kappa shape index (κ1) is 17.5. The number of hydrogen-bond donors (Lipinski definition) is 2. The van der Waals surface area contributed by atoms with Crippen molar-refractivity contribution in [2.24, 2.45) is 0 Å². The highest BCUT2D eigenvalue weighted by molar-refractivity contribution is 6.02. The first-order chi connectivity index (χ1) is 12.5. The Hall–Kier alpha value is -3.34. The fraction of sp³-hybridized carbons (Fsp3) is 0.143. The van der Waals surface area contributed by atoms with E-state index in [4.69, 9.17) is 4.42 Å². The normalized spacial score (nSPS) is 10.4. The molecule has 1 aromatic heterocycles. The van der Waals surface area contributed by atoms with Crippen LogP contribution < -0.4 is 10.6 Å². The number of anilines is 1. The van der Waals surface area contributed by atoms with Gasteiger partial charge in [0.2, 0.25) is 0 Å². The molecule has 0 saturated carbocycles. The summed E-state index contributed by atoms with van der Waals surface area (Å²) in [5.74, 6) is 0.204. The average Bonchev–Trinajstić information content (AvgIpc) is 3.12. The number of benzene rings is 2. The van der Waals surface area contributed by atoms with E-state index in [0.29, 0.717) is 11.3 Å². The third kappa shape index (κ3) is 4.19. The van der Waals surface area contributed by atoms with E-state index >= 15 is 0 Å². The molecular formula is C21H20N2O3. The average molecular weight is 348 g/mol. The fourth-order valence-corrected chi connectivity index (χ4v) is 2.59. The Bertz CT molecular complexity index is 929. The molecule has 0 radical (unpaired) electrons. The van der Waals surface area contributed by atoms with E-state index in [2.05, 4.69) is 10.6 Å². The highest BCUT2D eigenvalue weighted by atomic mass is 16.4. The molecule has 3 rings (SSSR count). The van der Waals surface area contributed by atoms with Crippen LogP contribution in [0, 0.1) is 13.8 Å². The van der Waals surface area contributed by atoms with Crippen LogP contribution in [-0.4, -0.2) is 11.8 Å². The van der Waals surface area contributed by atoms with Crippen molar-refractivity contribution in [3.05, 3.63) is 88.9 Å². The molecule has 2 aromatic carbocycles. The molecule has 2 N–H and O–H groups in total. The van der Waals surface area contributed by atoms with Gasteiger partial charge in [-0.1, -0.05) is 35.9 Å². The molecule has 0 atom stereocenters. The van der Waals surface area contributed by atoms with Gasteiger partial charge in [-0.2, -0.15) is 0 Å². The lowest BCUT2D eigenvalue weighted by molar-refractivity contribution is 0.0948. The molecule has 0 spiro atoms. The van der Waals surface area contributed by atoms with Crippen LogP contribution in [0.5, 0.6) is 0 Å². The minimum atomic E-state index is -0.322. The van der Waals surface area contributed by atoms with Crippen molar-refractivity contribution in [2.45, 2.75) is 20.4 Å². The Morgan fingerprint density at radius 1 is 0.923 bits per heavy atom. The molecule has 0 bridgehead atoms. The van der Waals surface area contributed by atoms with Crippen molar-refractivity contribution in [2.75, 3.05) is 5.32 Å². The van der Waals surface area contributed by atoms with Crippen LogP contribution in [0.15, 0.2) is 65.1 Å². The molecule has 0 aliphatic rings. The molecule has 0 saturated heterocycles. The summed E-state index contributed by atoms with van der Waals surface area (Å²) in [6, 6.07) is 18.0. The number of carbonyl (C=O) groups is 2. The maximum absolute atomic E-state index is 12.3. The molecule has 5 heteroatoms. The lowest BCUT2D eigenvalue weighted by Crippen LogP contribution is -2.22.